The van der Waals surface area contributed by atoms with E-state index in [0.29, 0.717) is 11.4 Å². The first-order valence-electron chi connectivity index (χ1n) is 4.91. The van der Waals surface area contributed by atoms with Crippen LogP contribution in [-0.4, -0.2) is 44.9 Å². The number of aliphatic hydroxyl groups is 1. The molecule has 7 nitrogen and oxygen atoms in total. The Bertz CT molecular complexity index is 447. The monoisotopic (exact) mass is 239 g/mol. The van der Waals surface area contributed by atoms with Crippen molar-refractivity contribution in [2.75, 3.05) is 6.61 Å². The van der Waals surface area contributed by atoms with Gasteiger partial charge in [0.25, 0.3) is 5.91 Å². The minimum atomic E-state index is -1.32. The summed E-state index contributed by atoms with van der Waals surface area (Å²) < 4.78 is 0. The van der Waals surface area contributed by atoms with E-state index in [0.717, 1.165) is 0 Å². The molecule has 0 aromatic carbocycles. The molecule has 0 spiro atoms. The number of aryl methyl sites for hydroxylation is 2. The summed E-state index contributed by atoms with van der Waals surface area (Å²) >= 11 is 0. The van der Waals surface area contributed by atoms with E-state index in [1.54, 1.807) is 13.8 Å². The Balaban J connectivity index is 2.89. The lowest BCUT2D eigenvalue weighted by atomic mass is 10.1. The molecule has 1 aromatic heterocycles. The Morgan fingerprint density at radius 3 is 2.59 bits per heavy atom. The van der Waals surface area contributed by atoms with Gasteiger partial charge in [-0.2, -0.15) is 10.2 Å². The van der Waals surface area contributed by atoms with Crippen molar-refractivity contribution in [3.8, 4) is 0 Å². The van der Waals surface area contributed by atoms with Crippen LogP contribution in [0.1, 0.15) is 21.7 Å². The second-order valence-corrected chi connectivity index (χ2v) is 3.53. The second kappa shape index (κ2) is 5.35. The fraction of sp³-hybridized carbons (Fsp3) is 0.400. The molecule has 0 bridgehead atoms. The van der Waals surface area contributed by atoms with Gasteiger partial charge in [-0.15, -0.1) is 0 Å². The third-order valence-electron chi connectivity index (χ3n) is 2.13. The number of hydrogen-bond acceptors (Lipinski definition) is 5. The lowest BCUT2D eigenvalue weighted by Gasteiger charge is -2.12. The third kappa shape index (κ3) is 3.22. The Hall–Kier alpha value is -2.02. The van der Waals surface area contributed by atoms with E-state index in [1.165, 1.54) is 6.07 Å². The molecule has 17 heavy (non-hydrogen) atoms. The lowest BCUT2D eigenvalue weighted by Crippen LogP contribution is -2.43. The molecule has 1 heterocycles. The van der Waals surface area contributed by atoms with Crippen LogP contribution in [0.5, 0.6) is 0 Å². The number of carbonyl (C=O) groups excluding carboxylic acids is 1. The molecular weight excluding hydrogens is 226 g/mol. The first-order valence-corrected chi connectivity index (χ1v) is 4.91. The Morgan fingerprint density at radius 2 is 2.06 bits per heavy atom. The molecule has 0 fully saturated rings. The van der Waals surface area contributed by atoms with Crippen molar-refractivity contribution in [3.05, 3.63) is 23.0 Å². The van der Waals surface area contributed by atoms with Crippen molar-refractivity contribution in [1.82, 2.24) is 15.5 Å². The average molecular weight is 239 g/mol. The quantitative estimate of drug-likeness (QED) is 0.638. The average Bonchev–Trinajstić information content (AvgIpc) is 2.28. The number of hydrogen-bond donors (Lipinski definition) is 3. The highest BCUT2D eigenvalue weighted by Gasteiger charge is 2.21. The first-order chi connectivity index (χ1) is 7.95. The molecule has 0 saturated carbocycles. The van der Waals surface area contributed by atoms with Gasteiger partial charge in [-0.05, 0) is 19.9 Å². The summed E-state index contributed by atoms with van der Waals surface area (Å²) in [5.74, 6) is -1.89. The Morgan fingerprint density at radius 1 is 1.41 bits per heavy atom. The van der Waals surface area contributed by atoms with Gasteiger partial charge in [-0.25, -0.2) is 4.79 Å². The zero-order valence-electron chi connectivity index (χ0n) is 9.47. The van der Waals surface area contributed by atoms with E-state index in [4.69, 9.17) is 10.2 Å². The van der Waals surface area contributed by atoms with Gasteiger partial charge >= 0.3 is 5.97 Å². The summed E-state index contributed by atoms with van der Waals surface area (Å²) in [6.45, 7) is 2.59. The summed E-state index contributed by atoms with van der Waals surface area (Å²) in [5.41, 5.74) is 1.20. The van der Waals surface area contributed by atoms with E-state index in [-0.39, 0.29) is 5.56 Å². The predicted octanol–water partition coefficient (Wildman–Crippen LogP) is -0.731. The number of nitrogens with one attached hydrogen (secondary N) is 1. The van der Waals surface area contributed by atoms with Crippen LogP contribution in [0.4, 0.5) is 0 Å². The van der Waals surface area contributed by atoms with Gasteiger partial charge in [0, 0.05) is 0 Å². The number of carboxylic acid groups (broad SMARTS) is 1. The molecule has 1 atom stereocenters. The van der Waals surface area contributed by atoms with Crippen LogP contribution in [0.25, 0.3) is 0 Å². The van der Waals surface area contributed by atoms with Crippen LogP contribution in [-0.2, 0) is 4.79 Å². The van der Waals surface area contributed by atoms with E-state index >= 15 is 0 Å². The number of aliphatic hydroxyl groups excluding tert-OH is 1. The van der Waals surface area contributed by atoms with Gasteiger partial charge < -0.3 is 15.5 Å². The number of amides is 1. The minimum absolute atomic E-state index is 0.247. The zero-order chi connectivity index (χ0) is 13.0. The number of carboxylic acids is 1. The summed E-state index contributed by atoms with van der Waals surface area (Å²) in [7, 11) is 0. The van der Waals surface area contributed by atoms with Gasteiger partial charge in [-0.1, -0.05) is 0 Å². The molecule has 7 heteroatoms. The van der Waals surface area contributed by atoms with Crippen molar-refractivity contribution in [2.24, 2.45) is 0 Å². The molecule has 0 saturated heterocycles. The highest BCUT2D eigenvalue weighted by atomic mass is 16.4. The number of rotatable bonds is 4. The number of aliphatic carboxylic acids is 1. The topological polar surface area (TPSA) is 112 Å². The van der Waals surface area contributed by atoms with Gasteiger partial charge in [-0.3, -0.25) is 4.79 Å². The summed E-state index contributed by atoms with van der Waals surface area (Å²) in [6, 6.07) is 0.184. The van der Waals surface area contributed by atoms with Crippen LogP contribution in [0.15, 0.2) is 6.07 Å². The Labute approximate surface area is 97.5 Å². The molecule has 1 rings (SSSR count). The molecule has 0 aliphatic rings. The molecule has 1 unspecified atom stereocenters. The molecule has 1 aromatic rings. The van der Waals surface area contributed by atoms with Gasteiger partial charge in [0.15, 0.2) is 6.04 Å². The summed E-state index contributed by atoms with van der Waals surface area (Å²) in [5, 5.41) is 27.2. The molecule has 0 radical (unpaired) electrons. The van der Waals surface area contributed by atoms with E-state index in [1.807, 2.05) is 0 Å². The smallest absolute Gasteiger partial charge is 0.328 e. The first kappa shape index (κ1) is 13.0. The Kier molecular flexibility index (Phi) is 4.11. The molecular formula is C10H13N3O4. The maximum absolute atomic E-state index is 11.7. The molecule has 0 aliphatic carbocycles. The van der Waals surface area contributed by atoms with Crippen LogP contribution in [0.3, 0.4) is 0 Å². The molecule has 1 amide bonds. The number of nitrogens with zero attached hydrogens (tertiary/aromatic N) is 2. The maximum atomic E-state index is 11.7. The van der Waals surface area contributed by atoms with Crippen LogP contribution >= 0.6 is 0 Å². The summed E-state index contributed by atoms with van der Waals surface area (Å²) in [6.07, 6.45) is 0. The van der Waals surface area contributed by atoms with Crippen molar-refractivity contribution in [1.29, 1.82) is 0 Å². The van der Waals surface area contributed by atoms with E-state index in [2.05, 4.69) is 15.5 Å². The van der Waals surface area contributed by atoms with Crippen molar-refractivity contribution in [3.63, 3.8) is 0 Å². The second-order valence-electron chi connectivity index (χ2n) is 3.53. The van der Waals surface area contributed by atoms with Crippen molar-refractivity contribution < 1.29 is 19.8 Å². The molecule has 0 aliphatic heterocycles. The standard InChI is InChI=1S/C10H13N3O4/c1-5-3-7(6(2)13-12-5)9(15)11-8(4-14)10(16)17/h3,8,14H,4H2,1-2H3,(H,11,15)(H,16,17). The lowest BCUT2D eigenvalue weighted by molar-refractivity contribution is -0.140. The largest absolute Gasteiger partial charge is 0.480 e. The maximum Gasteiger partial charge on any atom is 0.328 e. The van der Waals surface area contributed by atoms with Gasteiger partial charge in [0.05, 0.1) is 23.6 Å². The predicted molar refractivity (Wildman–Crippen MR) is 57.5 cm³/mol. The fourth-order valence-corrected chi connectivity index (χ4v) is 1.20. The van der Waals surface area contributed by atoms with E-state index < -0.39 is 24.5 Å². The fourth-order valence-electron chi connectivity index (χ4n) is 1.20. The third-order valence-corrected chi connectivity index (χ3v) is 2.13. The van der Waals surface area contributed by atoms with Crippen molar-refractivity contribution in [2.45, 2.75) is 19.9 Å². The van der Waals surface area contributed by atoms with Gasteiger partial charge in [0.2, 0.25) is 0 Å². The highest BCUT2D eigenvalue weighted by molar-refractivity contribution is 5.97. The summed E-state index contributed by atoms with van der Waals surface area (Å²) in [4.78, 5) is 22.4. The normalized spacial score (nSPS) is 11.9. The number of carbonyl (C=O) groups is 2. The highest BCUT2D eigenvalue weighted by Crippen LogP contribution is 2.05. The SMILES string of the molecule is Cc1cc(C(=O)NC(CO)C(=O)O)c(C)nn1. The van der Waals surface area contributed by atoms with Crippen LogP contribution in [0.2, 0.25) is 0 Å². The molecule has 92 valence electrons. The number of aromatic nitrogens is 2. The van der Waals surface area contributed by atoms with Crippen LogP contribution in [0, 0.1) is 13.8 Å². The van der Waals surface area contributed by atoms with Gasteiger partial charge in [0.1, 0.15) is 0 Å². The minimum Gasteiger partial charge on any atom is -0.480 e. The molecule has 3 N–H and O–H groups in total. The van der Waals surface area contributed by atoms with Crippen molar-refractivity contribution >= 4 is 11.9 Å². The van der Waals surface area contributed by atoms with E-state index in [9.17, 15) is 9.59 Å². The van der Waals surface area contributed by atoms with Crippen LogP contribution < -0.4 is 5.32 Å². The zero-order valence-corrected chi connectivity index (χ0v) is 9.47.